The van der Waals surface area contributed by atoms with Gasteiger partial charge in [0.2, 0.25) is 5.82 Å². The Morgan fingerprint density at radius 3 is 3.00 bits per heavy atom. The van der Waals surface area contributed by atoms with Crippen molar-refractivity contribution in [3.05, 3.63) is 22.1 Å². The van der Waals surface area contributed by atoms with Crippen molar-refractivity contribution in [2.75, 3.05) is 20.3 Å². The molecule has 0 unspecified atom stereocenters. The summed E-state index contributed by atoms with van der Waals surface area (Å²) >= 11 is 1.73. The average molecular weight is 377 g/mol. The zero-order valence-electron chi connectivity index (χ0n) is 15.8. The molecule has 0 amide bonds. The number of thiophene rings is 1. The molecule has 26 heavy (non-hydrogen) atoms. The van der Waals surface area contributed by atoms with Gasteiger partial charge in [-0.25, -0.2) is 9.97 Å². The van der Waals surface area contributed by atoms with Gasteiger partial charge in [-0.2, -0.15) is 4.52 Å². The van der Waals surface area contributed by atoms with Crippen LogP contribution in [0.5, 0.6) is 0 Å². The molecule has 1 aliphatic rings. The number of aromatic nitrogens is 4. The fraction of sp³-hybridized carbons (Fsp3) is 0.611. The van der Waals surface area contributed by atoms with Crippen LogP contribution in [0.25, 0.3) is 15.9 Å². The number of hydrogen-bond donors (Lipinski definition) is 1. The van der Waals surface area contributed by atoms with Crippen LogP contribution < -0.4 is 5.32 Å². The van der Waals surface area contributed by atoms with Gasteiger partial charge in [0, 0.05) is 24.8 Å². The standard InChI is InChI=1S/C18H25N5O2S/c1-11-20-17-15(12-8-18(2,3)25-10-13(12)26-17)16-21-14(22-23(11)16)9-19-6-5-7-24-4/h19H,5-10H2,1-4H3/p+1. The zero-order valence-corrected chi connectivity index (χ0v) is 16.7. The largest absolute Gasteiger partial charge is 0.384 e. The Kier molecular flexibility index (Phi) is 4.68. The first-order valence-electron chi connectivity index (χ1n) is 9.09. The number of rotatable bonds is 6. The molecule has 140 valence electrons. The molecule has 0 aliphatic carbocycles. The molecule has 2 N–H and O–H groups in total. The third-order valence-electron chi connectivity index (χ3n) is 4.80. The second-order valence-corrected chi connectivity index (χ2v) is 8.54. The van der Waals surface area contributed by atoms with E-state index in [1.165, 1.54) is 10.4 Å². The van der Waals surface area contributed by atoms with E-state index in [4.69, 9.17) is 24.5 Å². The molecule has 4 heterocycles. The van der Waals surface area contributed by atoms with Crippen LogP contribution in [-0.2, 0) is 29.0 Å². The van der Waals surface area contributed by atoms with Crippen LogP contribution >= 0.6 is 11.3 Å². The van der Waals surface area contributed by atoms with Gasteiger partial charge in [0.15, 0.2) is 5.65 Å². The molecule has 0 fully saturated rings. The third kappa shape index (κ3) is 3.22. The van der Waals surface area contributed by atoms with Gasteiger partial charge in [0.25, 0.3) is 0 Å². The van der Waals surface area contributed by atoms with Gasteiger partial charge >= 0.3 is 0 Å². The Bertz CT molecular complexity index is 946. The highest BCUT2D eigenvalue weighted by Gasteiger charge is 2.31. The van der Waals surface area contributed by atoms with Crippen molar-refractivity contribution in [3.8, 4) is 0 Å². The van der Waals surface area contributed by atoms with Gasteiger partial charge in [0.05, 0.1) is 30.7 Å². The number of hydrogen-bond acceptors (Lipinski definition) is 6. The summed E-state index contributed by atoms with van der Waals surface area (Å²) < 4.78 is 13.0. The summed E-state index contributed by atoms with van der Waals surface area (Å²) in [5.41, 5.74) is 2.12. The number of aryl methyl sites for hydroxylation is 1. The van der Waals surface area contributed by atoms with E-state index < -0.39 is 0 Å². The van der Waals surface area contributed by atoms with E-state index in [-0.39, 0.29) is 5.60 Å². The van der Waals surface area contributed by atoms with Crippen LogP contribution in [0.15, 0.2) is 0 Å². The molecule has 0 saturated heterocycles. The molecule has 8 heteroatoms. The van der Waals surface area contributed by atoms with Gasteiger partial charge in [-0.05, 0) is 26.3 Å². The van der Waals surface area contributed by atoms with Gasteiger partial charge in [-0.1, -0.05) is 0 Å². The highest BCUT2D eigenvalue weighted by molar-refractivity contribution is 7.19. The summed E-state index contributed by atoms with van der Waals surface area (Å²) in [5.74, 6) is 1.73. The van der Waals surface area contributed by atoms with E-state index in [1.54, 1.807) is 18.4 Å². The lowest BCUT2D eigenvalue weighted by Crippen LogP contribution is -2.82. The topological polar surface area (TPSA) is 78.2 Å². The minimum absolute atomic E-state index is 0.152. The van der Waals surface area contributed by atoms with Gasteiger partial charge in [0.1, 0.15) is 17.2 Å². The Morgan fingerprint density at radius 1 is 1.35 bits per heavy atom. The van der Waals surface area contributed by atoms with E-state index in [0.29, 0.717) is 6.61 Å². The first-order chi connectivity index (χ1) is 12.5. The zero-order chi connectivity index (χ0) is 18.3. The number of methoxy groups -OCH3 is 1. The smallest absolute Gasteiger partial charge is 0.206 e. The highest BCUT2D eigenvalue weighted by Crippen LogP contribution is 2.39. The van der Waals surface area contributed by atoms with Crippen molar-refractivity contribution in [2.45, 2.75) is 52.4 Å². The summed E-state index contributed by atoms with van der Waals surface area (Å²) in [4.78, 5) is 12.0. The number of fused-ring (bicyclic) bond motifs is 5. The van der Waals surface area contributed by atoms with Crippen molar-refractivity contribution in [2.24, 2.45) is 0 Å². The molecule has 0 saturated carbocycles. The summed E-state index contributed by atoms with van der Waals surface area (Å²) in [6.45, 7) is 9.50. The molecule has 3 aromatic rings. The Balaban J connectivity index is 1.71. The molecule has 3 aromatic heterocycles. The summed E-state index contributed by atoms with van der Waals surface area (Å²) in [6.07, 6.45) is 1.91. The molecule has 0 radical (unpaired) electrons. The molecule has 0 aromatic carbocycles. The molecular weight excluding hydrogens is 350 g/mol. The lowest BCUT2D eigenvalue weighted by atomic mass is 9.94. The number of nitrogens with zero attached hydrogens (tertiary/aromatic N) is 4. The first kappa shape index (κ1) is 17.8. The van der Waals surface area contributed by atoms with Crippen LogP contribution in [0.4, 0.5) is 0 Å². The van der Waals surface area contributed by atoms with Crippen LogP contribution in [0.3, 0.4) is 0 Å². The van der Waals surface area contributed by atoms with Gasteiger partial charge < -0.3 is 14.8 Å². The molecule has 4 rings (SSSR count). The maximum Gasteiger partial charge on any atom is 0.206 e. The molecule has 1 aliphatic heterocycles. The van der Waals surface area contributed by atoms with Gasteiger partial charge in [-0.15, -0.1) is 16.4 Å². The maximum atomic E-state index is 5.98. The molecule has 7 nitrogen and oxygen atoms in total. The SMILES string of the molecule is COCCC[NH2+]Cc1nc2c3c4c(sc3nc(C)n2n1)COC(C)(C)C4. The quantitative estimate of drug-likeness (QED) is 0.661. The Morgan fingerprint density at radius 2 is 2.19 bits per heavy atom. The predicted molar refractivity (Wildman–Crippen MR) is 100 cm³/mol. The monoisotopic (exact) mass is 376 g/mol. The normalized spacial score (nSPS) is 16.5. The summed E-state index contributed by atoms with van der Waals surface area (Å²) in [6, 6.07) is 0. The molecule has 0 spiro atoms. The van der Waals surface area contributed by atoms with Crippen molar-refractivity contribution >= 4 is 27.2 Å². The summed E-state index contributed by atoms with van der Waals surface area (Å²) in [7, 11) is 1.73. The Labute approximate surface area is 156 Å². The minimum Gasteiger partial charge on any atom is -0.384 e. The van der Waals surface area contributed by atoms with E-state index in [0.717, 1.165) is 60.1 Å². The fourth-order valence-electron chi connectivity index (χ4n) is 3.47. The second-order valence-electron chi connectivity index (χ2n) is 7.46. The third-order valence-corrected chi connectivity index (χ3v) is 5.90. The van der Waals surface area contributed by atoms with Crippen molar-refractivity contribution < 1.29 is 14.8 Å². The first-order valence-corrected chi connectivity index (χ1v) is 9.91. The number of ether oxygens (including phenoxy) is 2. The average Bonchev–Trinajstić information content (AvgIpc) is 3.15. The molecule has 0 bridgehead atoms. The van der Waals surface area contributed by atoms with Crippen LogP contribution in [-0.4, -0.2) is 45.4 Å². The number of nitrogens with two attached hydrogens (primary N) is 1. The predicted octanol–water partition coefficient (Wildman–Crippen LogP) is 1.60. The minimum atomic E-state index is -0.152. The van der Waals surface area contributed by atoms with Crippen molar-refractivity contribution in [3.63, 3.8) is 0 Å². The van der Waals surface area contributed by atoms with Crippen LogP contribution in [0.1, 0.15) is 42.4 Å². The van der Waals surface area contributed by atoms with Crippen LogP contribution in [0.2, 0.25) is 0 Å². The van der Waals surface area contributed by atoms with Gasteiger partial charge in [-0.3, -0.25) is 0 Å². The molecule has 0 atom stereocenters. The van der Waals surface area contributed by atoms with E-state index in [9.17, 15) is 0 Å². The van der Waals surface area contributed by atoms with Crippen molar-refractivity contribution in [1.29, 1.82) is 0 Å². The van der Waals surface area contributed by atoms with E-state index >= 15 is 0 Å². The van der Waals surface area contributed by atoms with E-state index in [2.05, 4.69) is 19.2 Å². The Hall–Kier alpha value is -1.61. The fourth-order valence-corrected chi connectivity index (χ4v) is 4.62. The lowest BCUT2D eigenvalue weighted by Gasteiger charge is -2.30. The summed E-state index contributed by atoms with van der Waals surface area (Å²) in [5, 5.41) is 8.09. The van der Waals surface area contributed by atoms with Crippen LogP contribution in [0, 0.1) is 6.92 Å². The molecular formula is C18H26N5O2S+. The van der Waals surface area contributed by atoms with Crippen molar-refractivity contribution in [1.82, 2.24) is 19.6 Å². The maximum absolute atomic E-state index is 5.98. The van der Waals surface area contributed by atoms with E-state index in [1.807, 2.05) is 11.4 Å². The number of quaternary nitrogens is 1. The second kappa shape index (κ2) is 6.84. The highest BCUT2D eigenvalue weighted by atomic mass is 32.1. The lowest BCUT2D eigenvalue weighted by molar-refractivity contribution is -0.672.